The Bertz CT molecular complexity index is 810. The molecular formula is C19H19NO3S. The molecule has 3 aromatic rings. The number of carbonyl (C=O) groups is 1. The zero-order valence-electron chi connectivity index (χ0n) is 13.4. The lowest BCUT2D eigenvalue weighted by Crippen LogP contribution is -2.29. The molecule has 124 valence electrons. The number of rotatable bonds is 6. The normalized spacial score (nSPS) is 12.1. The minimum absolute atomic E-state index is 0.139. The fraction of sp³-hybridized carbons (Fsp3) is 0.211. The van der Waals surface area contributed by atoms with E-state index >= 15 is 0 Å². The summed E-state index contributed by atoms with van der Waals surface area (Å²) >= 11 is 1.55. The predicted octanol–water partition coefficient (Wildman–Crippen LogP) is 3.30. The van der Waals surface area contributed by atoms with E-state index in [2.05, 4.69) is 5.32 Å². The molecule has 2 aromatic carbocycles. The standard InChI is InChI=1S/C19H19NO3S/c1-23-16-8-4-2-6-13(16)11-19(22)20-12-15(21)18-10-14-7-3-5-9-17(14)24-18/h2-10,15,21H,11-12H2,1H3,(H,20,22). The van der Waals surface area contributed by atoms with Gasteiger partial charge in [-0.25, -0.2) is 0 Å². The summed E-state index contributed by atoms with van der Waals surface area (Å²) in [6, 6.07) is 17.4. The van der Waals surface area contributed by atoms with Gasteiger partial charge in [0.25, 0.3) is 0 Å². The van der Waals surface area contributed by atoms with E-state index < -0.39 is 6.10 Å². The van der Waals surface area contributed by atoms with Gasteiger partial charge < -0.3 is 15.2 Å². The molecule has 0 saturated heterocycles. The summed E-state index contributed by atoms with van der Waals surface area (Å²) in [6.45, 7) is 0.195. The van der Waals surface area contributed by atoms with Crippen LogP contribution < -0.4 is 10.1 Å². The largest absolute Gasteiger partial charge is 0.496 e. The van der Waals surface area contributed by atoms with E-state index in [1.165, 1.54) is 0 Å². The third kappa shape index (κ3) is 3.75. The number of methoxy groups -OCH3 is 1. The lowest BCUT2D eigenvalue weighted by Gasteiger charge is -2.11. The number of fused-ring (bicyclic) bond motifs is 1. The Morgan fingerprint density at radius 2 is 1.96 bits per heavy atom. The van der Waals surface area contributed by atoms with E-state index in [9.17, 15) is 9.90 Å². The molecule has 1 atom stereocenters. The quantitative estimate of drug-likeness (QED) is 0.723. The van der Waals surface area contributed by atoms with E-state index in [1.807, 2.05) is 54.6 Å². The molecule has 2 N–H and O–H groups in total. The smallest absolute Gasteiger partial charge is 0.224 e. The van der Waals surface area contributed by atoms with Crippen LogP contribution in [0.2, 0.25) is 0 Å². The van der Waals surface area contributed by atoms with Crippen molar-refractivity contribution in [1.82, 2.24) is 5.32 Å². The molecule has 0 aliphatic carbocycles. The van der Waals surface area contributed by atoms with Gasteiger partial charge in [0.2, 0.25) is 5.91 Å². The molecule has 1 unspecified atom stereocenters. The summed E-state index contributed by atoms with van der Waals surface area (Å²) in [4.78, 5) is 13.0. The molecule has 1 heterocycles. The molecule has 1 amide bonds. The second kappa shape index (κ2) is 7.47. The summed E-state index contributed by atoms with van der Waals surface area (Å²) in [7, 11) is 1.59. The van der Waals surface area contributed by atoms with Crippen LogP contribution in [0.15, 0.2) is 54.6 Å². The number of nitrogens with one attached hydrogen (secondary N) is 1. The van der Waals surface area contributed by atoms with Crippen molar-refractivity contribution < 1.29 is 14.6 Å². The fourth-order valence-corrected chi connectivity index (χ4v) is 3.61. The van der Waals surface area contributed by atoms with Gasteiger partial charge in [0.05, 0.1) is 13.5 Å². The molecule has 0 fully saturated rings. The molecule has 3 rings (SSSR count). The van der Waals surface area contributed by atoms with Gasteiger partial charge in [-0.2, -0.15) is 0 Å². The van der Waals surface area contributed by atoms with Gasteiger partial charge in [0, 0.05) is 21.7 Å². The first-order valence-corrected chi connectivity index (χ1v) is 8.54. The summed E-state index contributed by atoms with van der Waals surface area (Å²) in [6.07, 6.45) is -0.479. The van der Waals surface area contributed by atoms with E-state index in [0.29, 0.717) is 5.75 Å². The van der Waals surface area contributed by atoms with Gasteiger partial charge >= 0.3 is 0 Å². The monoisotopic (exact) mass is 341 g/mol. The van der Waals surface area contributed by atoms with Gasteiger partial charge in [0.1, 0.15) is 11.9 Å². The zero-order chi connectivity index (χ0) is 16.9. The molecule has 0 saturated carbocycles. The average Bonchev–Trinajstić information content (AvgIpc) is 3.04. The number of aliphatic hydroxyl groups is 1. The second-order valence-corrected chi connectivity index (χ2v) is 6.61. The number of hydrogen-bond donors (Lipinski definition) is 2. The summed E-state index contributed by atoms with van der Waals surface area (Å²) in [5.74, 6) is 0.553. The van der Waals surface area contributed by atoms with Crippen LogP contribution in [0.25, 0.3) is 10.1 Å². The number of ether oxygens (including phenoxy) is 1. The number of thiophene rings is 1. The molecule has 0 bridgehead atoms. The van der Waals surface area contributed by atoms with Crippen LogP contribution in [0.1, 0.15) is 16.5 Å². The minimum atomic E-state index is -0.705. The van der Waals surface area contributed by atoms with Crippen LogP contribution in [-0.2, 0) is 11.2 Å². The van der Waals surface area contributed by atoms with Crippen molar-refractivity contribution in [2.45, 2.75) is 12.5 Å². The van der Waals surface area contributed by atoms with Gasteiger partial charge in [-0.15, -0.1) is 11.3 Å². The van der Waals surface area contributed by atoms with Crippen molar-refractivity contribution in [1.29, 1.82) is 0 Å². The first kappa shape index (κ1) is 16.5. The lowest BCUT2D eigenvalue weighted by atomic mass is 10.1. The van der Waals surface area contributed by atoms with Crippen LogP contribution in [0.3, 0.4) is 0 Å². The number of carbonyl (C=O) groups excluding carboxylic acids is 1. The summed E-state index contributed by atoms with van der Waals surface area (Å²) in [5.41, 5.74) is 0.828. The van der Waals surface area contributed by atoms with Crippen LogP contribution in [0.4, 0.5) is 0 Å². The van der Waals surface area contributed by atoms with E-state index in [1.54, 1.807) is 18.4 Å². The van der Waals surface area contributed by atoms with Crippen molar-refractivity contribution in [3.05, 3.63) is 65.0 Å². The number of aliphatic hydroxyl groups excluding tert-OH is 1. The highest BCUT2D eigenvalue weighted by molar-refractivity contribution is 7.19. The van der Waals surface area contributed by atoms with Crippen molar-refractivity contribution in [2.75, 3.05) is 13.7 Å². The Kier molecular flexibility index (Phi) is 5.13. The number of para-hydroxylation sites is 1. The highest BCUT2D eigenvalue weighted by Gasteiger charge is 2.14. The average molecular weight is 341 g/mol. The third-order valence-corrected chi connectivity index (χ3v) is 5.03. The molecule has 1 aromatic heterocycles. The van der Waals surface area contributed by atoms with E-state index in [4.69, 9.17) is 4.74 Å². The second-order valence-electron chi connectivity index (χ2n) is 5.50. The first-order chi connectivity index (χ1) is 11.7. The molecular weight excluding hydrogens is 322 g/mol. The molecule has 0 aliphatic heterocycles. The maximum atomic E-state index is 12.1. The van der Waals surface area contributed by atoms with Gasteiger partial charge in [-0.3, -0.25) is 4.79 Å². The Hall–Kier alpha value is -2.37. The molecule has 0 spiro atoms. The molecule has 5 heteroatoms. The van der Waals surface area contributed by atoms with Crippen molar-refractivity contribution in [3.8, 4) is 5.75 Å². The maximum absolute atomic E-state index is 12.1. The highest BCUT2D eigenvalue weighted by Crippen LogP contribution is 2.29. The number of hydrogen-bond acceptors (Lipinski definition) is 4. The van der Waals surface area contributed by atoms with E-state index in [-0.39, 0.29) is 18.9 Å². The Morgan fingerprint density at radius 1 is 1.21 bits per heavy atom. The highest BCUT2D eigenvalue weighted by atomic mass is 32.1. The Balaban J connectivity index is 1.59. The number of amides is 1. The molecule has 24 heavy (non-hydrogen) atoms. The van der Waals surface area contributed by atoms with Gasteiger partial charge in [0.15, 0.2) is 0 Å². The Labute approximate surface area is 144 Å². The minimum Gasteiger partial charge on any atom is -0.496 e. The lowest BCUT2D eigenvalue weighted by molar-refractivity contribution is -0.120. The predicted molar refractivity (Wildman–Crippen MR) is 96.5 cm³/mol. The van der Waals surface area contributed by atoms with Gasteiger partial charge in [-0.05, 0) is 23.6 Å². The van der Waals surface area contributed by atoms with Crippen LogP contribution in [0.5, 0.6) is 5.75 Å². The molecule has 0 aliphatic rings. The van der Waals surface area contributed by atoms with Crippen molar-refractivity contribution >= 4 is 27.3 Å². The SMILES string of the molecule is COc1ccccc1CC(=O)NCC(O)c1cc2ccccc2s1. The first-order valence-electron chi connectivity index (χ1n) is 7.72. The fourth-order valence-electron chi connectivity index (χ4n) is 2.56. The molecule has 0 radical (unpaired) electrons. The summed E-state index contributed by atoms with van der Waals surface area (Å²) in [5, 5.41) is 14.2. The topological polar surface area (TPSA) is 58.6 Å². The van der Waals surface area contributed by atoms with Crippen molar-refractivity contribution in [3.63, 3.8) is 0 Å². The van der Waals surface area contributed by atoms with Crippen LogP contribution >= 0.6 is 11.3 Å². The zero-order valence-corrected chi connectivity index (χ0v) is 14.2. The molecule has 4 nitrogen and oxygen atoms in total. The van der Waals surface area contributed by atoms with Crippen molar-refractivity contribution in [2.24, 2.45) is 0 Å². The van der Waals surface area contributed by atoms with Crippen LogP contribution in [0, 0.1) is 0 Å². The van der Waals surface area contributed by atoms with Crippen LogP contribution in [-0.4, -0.2) is 24.7 Å². The Morgan fingerprint density at radius 3 is 2.75 bits per heavy atom. The number of benzene rings is 2. The third-order valence-electron chi connectivity index (χ3n) is 3.81. The van der Waals surface area contributed by atoms with E-state index in [0.717, 1.165) is 20.5 Å². The summed E-state index contributed by atoms with van der Waals surface area (Å²) < 4.78 is 6.38. The van der Waals surface area contributed by atoms with Gasteiger partial charge in [-0.1, -0.05) is 36.4 Å². The maximum Gasteiger partial charge on any atom is 0.224 e.